The summed E-state index contributed by atoms with van der Waals surface area (Å²) >= 11 is 0. The van der Waals surface area contributed by atoms with Gasteiger partial charge in [-0.05, 0) is 18.8 Å². The van der Waals surface area contributed by atoms with Gasteiger partial charge in [-0.15, -0.1) is 0 Å². The van der Waals surface area contributed by atoms with Crippen LogP contribution in [0.4, 0.5) is 5.69 Å². The second kappa shape index (κ2) is 3.92. The number of hydrogen-bond donors (Lipinski definition) is 2. The summed E-state index contributed by atoms with van der Waals surface area (Å²) in [4.78, 5) is 11.7. The molecule has 0 saturated heterocycles. The number of nitrogens with one attached hydrogen (secondary N) is 1. The molecule has 82 valence electrons. The lowest BCUT2D eigenvalue weighted by Gasteiger charge is -2.25. The van der Waals surface area contributed by atoms with Crippen molar-refractivity contribution < 1.29 is 4.79 Å². The van der Waals surface area contributed by atoms with E-state index in [1.54, 1.807) is 7.05 Å². The average Bonchev–Trinajstić information content (AvgIpc) is 2.43. The first-order valence-corrected chi connectivity index (χ1v) is 5.24. The Kier molecular flexibility index (Phi) is 2.62. The van der Waals surface area contributed by atoms with Crippen molar-refractivity contribution in [2.75, 3.05) is 12.3 Å². The summed E-state index contributed by atoms with van der Waals surface area (Å²) in [5, 5.41) is 6.82. The van der Waals surface area contributed by atoms with Crippen molar-refractivity contribution in [1.82, 2.24) is 15.1 Å². The third kappa shape index (κ3) is 1.95. The van der Waals surface area contributed by atoms with Crippen LogP contribution >= 0.6 is 0 Å². The minimum atomic E-state index is -0.126. The normalized spacial score (nSPS) is 16.1. The highest BCUT2D eigenvalue weighted by Crippen LogP contribution is 2.25. The van der Waals surface area contributed by atoms with Crippen molar-refractivity contribution in [3.8, 4) is 0 Å². The lowest BCUT2D eigenvalue weighted by Crippen LogP contribution is -2.33. The Morgan fingerprint density at radius 2 is 2.47 bits per heavy atom. The van der Waals surface area contributed by atoms with Gasteiger partial charge in [-0.1, -0.05) is 6.42 Å². The third-order valence-electron chi connectivity index (χ3n) is 2.96. The molecule has 0 radical (unpaired) electrons. The topological polar surface area (TPSA) is 72.9 Å². The molecule has 0 atom stereocenters. The fraction of sp³-hybridized carbons (Fsp3) is 0.600. The minimum absolute atomic E-state index is 0.126. The number of nitrogens with zero attached hydrogens (tertiary/aromatic N) is 2. The molecule has 1 aliphatic rings. The first-order valence-electron chi connectivity index (χ1n) is 5.24. The van der Waals surface area contributed by atoms with Crippen molar-refractivity contribution in [1.29, 1.82) is 0 Å². The predicted octanol–water partition coefficient (Wildman–Crippen LogP) is 0.532. The quantitative estimate of drug-likeness (QED) is 0.761. The van der Waals surface area contributed by atoms with Crippen LogP contribution in [0.3, 0.4) is 0 Å². The Hall–Kier alpha value is -1.52. The molecule has 5 heteroatoms. The Labute approximate surface area is 88.6 Å². The molecule has 1 aromatic heterocycles. The van der Waals surface area contributed by atoms with Crippen molar-refractivity contribution in [3.63, 3.8) is 0 Å². The molecule has 1 fully saturated rings. The van der Waals surface area contributed by atoms with E-state index in [1.165, 1.54) is 30.1 Å². The van der Waals surface area contributed by atoms with Gasteiger partial charge >= 0.3 is 0 Å². The van der Waals surface area contributed by atoms with Gasteiger partial charge in [0.25, 0.3) is 5.91 Å². The zero-order chi connectivity index (χ0) is 10.8. The number of anilines is 1. The van der Waals surface area contributed by atoms with Gasteiger partial charge in [-0.2, -0.15) is 5.10 Å². The maximum atomic E-state index is 11.7. The molecule has 1 amide bonds. The highest BCUT2D eigenvalue weighted by Gasteiger charge is 2.20. The van der Waals surface area contributed by atoms with Gasteiger partial charge in [0.15, 0.2) is 0 Å². The molecule has 1 heterocycles. The summed E-state index contributed by atoms with van der Waals surface area (Å²) in [5.74, 6) is 0.530. The van der Waals surface area contributed by atoms with Gasteiger partial charge in [0, 0.05) is 13.6 Å². The molecule has 3 N–H and O–H groups in total. The van der Waals surface area contributed by atoms with E-state index < -0.39 is 0 Å². The largest absolute Gasteiger partial charge is 0.396 e. The Bertz CT molecular complexity index is 348. The lowest BCUT2D eigenvalue weighted by molar-refractivity contribution is 0.0930. The molecular formula is C10H16N4O. The van der Waals surface area contributed by atoms with Crippen LogP contribution in [-0.4, -0.2) is 22.2 Å². The summed E-state index contributed by atoms with van der Waals surface area (Å²) < 4.78 is 1.51. The van der Waals surface area contributed by atoms with E-state index >= 15 is 0 Å². The molecule has 2 rings (SSSR count). The monoisotopic (exact) mass is 208 g/mol. The van der Waals surface area contributed by atoms with Gasteiger partial charge in [0.1, 0.15) is 5.69 Å². The van der Waals surface area contributed by atoms with Gasteiger partial charge < -0.3 is 11.1 Å². The molecule has 0 spiro atoms. The number of hydrogen-bond acceptors (Lipinski definition) is 3. The van der Waals surface area contributed by atoms with E-state index in [1.807, 2.05) is 0 Å². The van der Waals surface area contributed by atoms with E-state index in [4.69, 9.17) is 5.73 Å². The van der Waals surface area contributed by atoms with Crippen molar-refractivity contribution in [3.05, 3.63) is 11.9 Å². The summed E-state index contributed by atoms with van der Waals surface area (Å²) in [5.41, 5.74) is 6.54. The number of aromatic nitrogens is 2. The van der Waals surface area contributed by atoms with E-state index in [0.29, 0.717) is 17.3 Å². The van der Waals surface area contributed by atoms with Gasteiger partial charge in [0.05, 0.1) is 11.9 Å². The first kappa shape index (κ1) is 10.0. The maximum absolute atomic E-state index is 11.7. The number of nitrogens with two attached hydrogens (primary N) is 1. The highest BCUT2D eigenvalue weighted by molar-refractivity contribution is 5.97. The molecule has 1 aliphatic carbocycles. The second-order valence-corrected chi connectivity index (χ2v) is 4.08. The fourth-order valence-corrected chi connectivity index (χ4v) is 1.75. The lowest BCUT2D eigenvalue weighted by atomic mass is 9.85. The average molecular weight is 208 g/mol. The van der Waals surface area contributed by atoms with E-state index in [2.05, 4.69) is 10.4 Å². The number of carbonyl (C=O) groups excluding carboxylic acids is 1. The maximum Gasteiger partial charge on any atom is 0.271 e. The minimum Gasteiger partial charge on any atom is -0.396 e. The zero-order valence-corrected chi connectivity index (χ0v) is 8.86. The predicted molar refractivity (Wildman–Crippen MR) is 57.3 cm³/mol. The van der Waals surface area contributed by atoms with E-state index in [-0.39, 0.29) is 5.91 Å². The van der Waals surface area contributed by atoms with Crippen LogP contribution in [0.25, 0.3) is 0 Å². The van der Waals surface area contributed by atoms with Crippen LogP contribution < -0.4 is 11.1 Å². The third-order valence-corrected chi connectivity index (χ3v) is 2.96. The van der Waals surface area contributed by atoms with Crippen LogP contribution in [-0.2, 0) is 7.05 Å². The second-order valence-electron chi connectivity index (χ2n) is 4.08. The van der Waals surface area contributed by atoms with Crippen LogP contribution in [0.5, 0.6) is 0 Å². The molecule has 1 aromatic rings. The standard InChI is InChI=1S/C10H16N4O/c1-14-9(8(11)6-13-14)10(15)12-5-7-3-2-4-7/h6-7H,2-5,11H2,1H3,(H,12,15). The van der Waals surface area contributed by atoms with Gasteiger partial charge in [-0.25, -0.2) is 0 Å². The van der Waals surface area contributed by atoms with Crippen molar-refractivity contribution >= 4 is 11.6 Å². The number of nitrogen functional groups attached to an aromatic ring is 1. The van der Waals surface area contributed by atoms with Crippen LogP contribution in [0.15, 0.2) is 6.20 Å². The fourth-order valence-electron chi connectivity index (χ4n) is 1.75. The Morgan fingerprint density at radius 1 is 1.73 bits per heavy atom. The summed E-state index contributed by atoms with van der Waals surface area (Å²) in [7, 11) is 1.72. The summed E-state index contributed by atoms with van der Waals surface area (Å²) in [6.07, 6.45) is 5.23. The van der Waals surface area contributed by atoms with Crippen molar-refractivity contribution in [2.24, 2.45) is 13.0 Å². The van der Waals surface area contributed by atoms with Crippen LogP contribution in [0, 0.1) is 5.92 Å². The SMILES string of the molecule is Cn1ncc(N)c1C(=O)NCC1CCC1. The molecule has 0 unspecified atom stereocenters. The molecule has 15 heavy (non-hydrogen) atoms. The number of rotatable bonds is 3. The van der Waals surface area contributed by atoms with E-state index in [0.717, 1.165) is 6.54 Å². The summed E-state index contributed by atoms with van der Waals surface area (Å²) in [6.45, 7) is 0.753. The molecule has 5 nitrogen and oxygen atoms in total. The molecule has 0 aromatic carbocycles. The Morgan fingerprint density at radius 3 is 2.93 bits per heavy atom. The van der Waals surface area contributed by atoms with Gasteiger partial charge in [-0.3, -0.25) is 9.48 Å². The highest BCUT2D eigenvalue weighted by atomic mass is 16.2. The van der Waals surface area contributed by atoms with Gasteiger partial charge in [0.2, 0.25) is 0 Å². The zero-order valence-electron chi connectivity index (χ0n) is 8.86. The number of aryl methyl sites for hydroxylation is 1. The molecular weight excluding hydrogens is 192 g/mol. The summed E-state index contributed by atoms with van der Waals surface area (Å²) in [6, 6.07) is 0. The number of amides is 1. The number of carbonyl (C=O) groups is 1. The first-order chi connectivity index (χ1) is 7.18. The Balaban J connectivity index is 1.95. The van der Waals surface area contributed by atoms with Crippen molar-refractivity contribution in [2.45, 2.75) is 19.3 Å². The van der Waals surface area contributed by atoms with Crippen LogP contribution in [0.2, 0.25) is 0 Å². The van der Waals surface area contributed by atoms with E-state index in [9.17, 15) is 4.79 Å². The van der Waals surface area contributed by atoms with Crippen LogP contribution in [0.1, 0.15) is 29.8 Å². The molecule has 0 aliphatic heterocycles. The molecule has 0 bridgehead atoms. The molecule has 1 saturated carbocycles. The smallest absolute Gasteiger partial charge is 0.271 e.